The Labute approximate surface area is 147 Å². The Morgan fingerprint density at radius 1 is 1.28 bits per heavy atom. The number of benzene rings is 2. The van der Waals surface area contributed by atoms with E-state index < -0.39 is 5.97 Å². The second kappa shape index (κ2) is 6.52. The van der Waals surface area contributed by atoms with Gasteiger partial charge in [0.1, 0.15) is 0 Å². The minimum atomic E-state index is -0.798. The molecule has 1 fully saturated rings. The fourth-order valence-electron chi connectivity index (χ4n) is 4.19. The maximum atomic E-state index is 11.0. The third-order valence-corrected chi connectivity index (χ3v) is 5.29. The van der Waals surface area contributed by atoms with E-state index in [4.69, 9.17) is 9.84 Å². The molecule has 4 nitrogen and oxygen atoms in total. The number of rotatable bonds is 3. The van der Waals surface area contributed by atoms with Gasteiger partial charge in [-0.05, 0) is 37.0 Å². The van der Waals surface area contributed by atoms with E-state index in [0.29, 0.717) is 5.92 Å². The molecule has 3 atom stereocenters. The Hall–Kier alpha value is -2.33. The van der Waals surface area contributed by atoms with Crippen molar-refractivity contribution in [2.24, 2.45) is 5.92 Å². The first kappa shape index (κ1) is 16.2. The highest BCUT2D eigenvalue weighted by Gasteiger charge is 2.39. The standard InChI is InChI=1S/C21H23NO3/c1-13-7-8-18-17(10-13)21-16(6-3-9-25-21)20(22-18)15-5-2-4-14(11-15)12-19(23)24/h2,4-5,7-8,10-11,16,20-22H,3,6,9,12H2,1H3,(H,23,24)/t16-,20-,21-/m1/s1. The summed E-state index contributed by atoms with van der Waals surface area (Å²) in [7, 11) is 0. The Morgan fingerprint density at radius 2 is 2.16 bits per heavy atom. The summed E-state index contributed by atoms with van der Waals surface area (Å²) in [6.07, 6.45) is 2.34. The van der Waals surface area contributed by atoms with Gasteiger partial charge in [-0.15, -0.1) is 0 Å². The number of hydrogen-bond donors (Lipinski definition) is 2. The quantitative estimate of drug-likeness (QED) is 0.879. The minimum Gasteiger partial charge on any atom is -0.481 e. The monoisotopic (exact) mass is 337 g/mol. The van der Waals surface area contributed by atoms with Crippen LogP contribution < -0.4 is 5.32 Å². The molecule has 2 aliphatic heterocycles. The van der Waals surface area contributed by atoms with Crippen molar-refractivity contribution in [2.75, 3.05) is 11.9 Å². The van der Waals surface area contributed by atoms with Crippen molar-refractivity contribution in [3.8, 4) is 0 Å². The van der Waals surface area contributed by atoms with Crippen LogP contribution in [0.15, 0.2) is 42.5 Å². The van der Waals surface area contributed by atoms with E-state index in [-0.39, 0.29) is 18.6 Å². The second-order valence-corrected chi connectivity index (χ2v) is 7.13. The van der Waals surface area contributed by atoms with Crippen LogP contribution in [0.5, 0.6) is 0 Å². The van der Waals surface area contributed by atoms with Crippen molar-refractivity contribution in [1.29, 1.82) is 0 Å². The predicted octanol–water partition coefficient (Wildman–Crippen LogP) is 4.26. The molecule has 0 aliphatic carbocycles. The zero-order valence-corrected chi connectivity index (χ0v) is 14.4. The summed E-state index contributed by atoms with van der Waals surface area (Å²) in [4.78, 5) is 11.0. The van der Waals surface area contributed by atoms with E-state index in [1.54, 1.807) is 0 Å². The molecule has 0 amide bonds. The van der Waals surface area contributed by atoms with Gasteiger partial charge in [-0.2, -0.15) is 0 Å². The molecule has 0 unspecified atom stereocenters. The van der Waals surface area contributed by atoms with E-state index >= 15 is 0 Å². The van der Waals surface area contributed by atoms with Crippen LogP contribution in [0, 0.1) is 12.8 Å². The van der Waals surface area contributed by atoms with Crippen LogP contribution in [-0.2, 0) is 16.0 Å². The van der Waals surface area contributed by atoms with Crippen LogP contribution in [0.25, 0.3) is 0 Å². The maximum Gasteiger partial charge on any atom is 0.307 e. The summed E-state index contributed by atoms with van der Waals surface area (Å²) in [5.41, 5.74) is 5.61. The molecule has 130 valence electrons. The first-order valence-electron chi connectivity index (χ1n) is 8.91. The summed E-state index contributed by atoms with van der Waals surface area (Å²) in [5, 5.41) is 12.8. The average molecular weight is 337 g/mol. The molecular formula is C21H23NO3. The topological polar surface area (TPSA) is 58.6 Å². The molecule has 25 heavy (non-hydrogen) atoms. The van der Waals surface area contributed by atoms with Crippen molar-refractivity contribution in [3.05, 3.63) is 64.7 Å². The van der Waals surface area contributed by atoms with Crippen molar-refractivity contribution in [3.63, 3.8) is 0 Å². The first-order chi connectivity index (χ1) is 12.1. The lowest BCUT2D eigenvalue weighted by molar-refractivity contribution is -0.136. The van der Waals surface area contributed by atoms with Crippen LogP contribution >= 0.6 is 0 Å². The summed E-state index contributed by atoms with van der Waals surface area (Å²) in [6.45, 7) is 2.92. The van der Waals surface area contributed by atoms with Gasteiger partial charge in [-0.3, -0.25) is 4.79 Å². The third-order valence-electron chi connectivity index (χ3n) is 5.29. The normalized spacial score (nSPS) is 24.8. The van der Waals surface area contributed by atoms with Crippen molar-refractivity contribution in [1.82, 2.24) is 0 Å². The Balaban J connectivity index is 1.72. The van der Waals surface area contributed by atoms with Crippen LogP contribution in [0.4, 0.5) is 5.69 Å². The number of nitrogens with one attached hydrogen (secondary N) is 1. The molecule has 4 heteroatoms. The smallest absolute Gasteiger partial charge is 0.307 e. The molecule has 2 aliphatic rings. The van der Waals surface area contributed by atoms with Crippen molar-refractivity contribution in [2.45, 2.75) is 38.3 Å². The van der Waals surface area contributed by atoms with Gasteiger partial charge in [0.2, 0.25) is 0 Å². The number of hydrogen-bond acceptors (Lipinski definition) is 3. The SMILES string of the molecule is Cc1ccc2c(c1)[C@@H]1OCCC[C@@H]1[C@@H](c1cccc(CC(=O)O)c1)N2. The number of carbonyl (C=O) groups is 1. The molecule has 0 saturated carbocycles. The Morgan fingerprint density at radius 3 is 3.00 bits per heavy atom. The highest BCUT2D eigenvalue weighted by atomic mass is 16.5. The van der Waals surface area contributed by atoms with Gasteiger partial charge in [0.05, 0.1) is 18.6 Å². The van der Waals surface area contributed by atoms with Crippen LogP contribution in [-0.4, -0.2) is 17.7 Å². The molecule has 4 rings (SSSR count). The predicted molar refractivity (Wildman–Crippen MR) is 96.7 cm³/mol. The van der Waals surface area contributed by atoms with Gasteiger partial charge in [0, 0.05) is 23.8 Å². The lowest BCUT2D eigenvalue weighted by atomic mass is 9.77. The molecule has 0 bridgehead atoms. The first-order valence-corrected chi connectivity index (χ1v) is 8.91. The maximum absolute atomic E-state index is 11.0. The number of fused-ring (bicyclic) bond motifs is 3. The summed E-state index contributed by atoms with van der Waals surface area (Å²) >= 11 is 0. The van der Waals surface area contributed by atoms with Crippen LogP contribution in [0.2, 0.25) is 0 Å². The molecule has 2 aromatic carbocycles. The number of carboxylic acids is 1. The molecule has 0 spiro atoms. The van der Waals surface area contributed by atoms with E-state index in [0.717, 1.165) is 36.3 Å². The zero-order valence-electron chi connectivity index (χ0n) is 14.4. The number of anilines is 1. The highest BCUT2D eigenvalue weighted by Crippen LogP contribution is 2.49. The van der Waals surface area contributed by atoms with Gasteiger partial charge in [0.25, 0.3) is 0 Å². The van der Waals surface area contributed by atoms with E-state index in [1.165, 1.54) is 11.1 Å². The number of aliphatic carboxylic acids is 1. The number of carboxylic acid groups (broad SMARTS) is 1. The molecule has 0 radical (unpaired) electrons. The summed E-state index contributed by atoms with van der Waals surface area (Å²) in [6, 6.07) is 14.6. The molecule has 2 heterocycles. The molecule has 0 aromatic heterocycles. The van der Waals surface area contributed by atoms with Gasteiger partial charge in [-0.1, -0.05) is 42.0 Å². The molecule has 1 saturated heterocycles. The average Bonchev–Trinajstić information content (AvgIpc) is 2.61. The summed E-state index contributed by atoms with van der Waals surface area (Å²) < 4.78 is 6.18. The molecule has 2 aromatic rings. The Bertz CT molecular complexity index is 801. The fraction of sp³-hybridized carbons (Fsp3) is 0.381. The van der Waals surface area contributed by atoms with Gasteiger partial charge in [0.15, 0.2) is 0 Å². The van der Waals surface area contributed by atoms with E-state index in [9.17, 15) is 4.79 Å². The second-order valence-electron chi connectivity index (χ2n) is 7.13. The zero-order chi connectivity index (χ0) is 17.4. The molecular weight excluding hydrogens is 314 g/mol. The van der Waals surface area contributed by atoms with E-state index in [2.05, 4.69) is 36.5 Å². The minimum absolute atomic E-state index is 0.0565. The Kier molecular flexibility index (Phi) is 4.22. The van der Waals surface area contributed by atoms with Gasteiger partial charge in [-0.25, -0.2) is 0 Å². The number of ether oxygens (including phenoxy) is 1. The van der Waals surface area contributed by atoms with Gasteiger partial charge < -0.3 is 15.2 Å². The van der Waals surface area contributed by atoms with Crippen molar-refractivity contribution >= 4 is 11.7 Å². The number of aryl methyl sites for hydroxylation is 1. The highest BCUT2D eigenvalue weighted by molar-refractivity contribution is 5.70. The third kappa shape index (κ3) is 3.14. The van der Waals surface area contributed by atoms with Gasteiger partial charge >= 0.3 is 5.97 Å². The summed E-state index contributed by atoms with van der Waals surface area (Å²) in [5.74, 6) is -0.434. The largest absolute Gasteiger partial charge is 0.481 e. The van der Waals surface area contributed by atoms with E-state index in [1.807, 2.05) is 18.2 Å². The lowest BCUT2D eigenvalue weighted by Crippen LogP contribution is -2.36. The van der Waals surface area contributed by atoms with Crippen LogP contribution in [0.1, 0.15) is 47.2 Å². The lowest BCUT2D eigenvalue weighted by Gasteiger charge is -2.43. The van der Waals surface area contributed by atoms with Crippen LogP contribution in [0.3, 0.4) is 0 Å². The fourth-order valence-corrected chi connectivity index (χ4v) is 4.19. The molecule has 2 N–H and O–H groups in total. The van der Waals surface area contributed by atoms with Crippen molar-refractivity contribution < 1.29 is 14.6 Å².